The average molecular weight is 490 g/mol. The summed E-state index contributed by atoms with van der Waals surface area (Å²) in [6.07, 6.45) is 5.34. The largest absolute Gasteiger partial charge is 0.352 e. The molecule has 0 saturated carbocycles. The first-order valence-electron chi connectivity index (χ1n) is 12.8. The van der Waals surface area contributed by atoms with Crippen LogP contribution in [0.1, 0.15) is 57.8 Å². The molecule has 0 radical (unpaired) electrons. The molecule has 190 valence electrons. The molecule has 1 aromatic heterocycles. The number of nitrogens with one attached hydrogen (secondary N) is 1. The number of likely N-dealkylation sites (N-methyl/N-ethyl adjacent to an activating group) is 1. The molecule has 1 N–H and O–H groups in total. The van der Waals surface area contributed by atoms with E-state index in [1.807, 2.05) is 43.3 Å². The van der Waals surface area contributed by atoms with E-state index in [0.29, 0.717) is 42.4 Å². The maximum absolute atomic E-state index is 12.6. The molecule has 0 spiro atoms. The zero-order valence-corrected chi connectivity index (χ0v) is 21.2. The quantitative estimate of drug-likeness (QED) is 0.434. The molecule has 1 aliphatic rings. The van der Waals surface area contributed by atoms with Crippen molar-refractivity contribution in [3.63, 3.8) is 0 Å². The van der Waals surface area contributed by atoms with Gasteiger partial charge >= 0.3 is 0 Å². The summed E-state index contributed by atoms with van der Waals surface area (Å²) in [5.41, 5.74) is 3.13. The topological polar surface area (TPSA) is 91.6 Å². The molecule has 0 bridgehead atoms. The Bertz CT molecular complexity index is 1130. The van der Waals surface area contributed by atoms with Gasteiger partial charge in [0, 0.05) is 43.2 Å². The van der Waals surface area contributed by atoms with Crippen LogP contribution in [-0.4, -0.2) is 71.5 Å². The van der Waals surface area contributed by atoms with Crippen molar-refractivity contribution in [2.75, 3.05) is 39.8 Å². The lowest BCUT2D eigenvalue weighted by atomic mass is 10.1. The predicted molar refractivity (Wildman–Crippen MR) is 139 cm³/mol. The minimum absolute atomic E-state index is 0.0425. The standard InChI is InChI=1S/C28H35N5O3/c1-21-7-9-24(10-8-21)28(35)32(2)20-15-25-30-27(36-31-25)23-13-11-22(12-14-23)26(34)29-16-6-19-33-17-4-3-5-18-33/h7-14H,3-6,15-20H2,1-2H3,(H,29,34). The second-order valence-corrected chi connectivity index (χ2v) is 9.45. The van der Waals surface area contributed by atoms with Gasteiger partial charge in [0.1, 0.15) is 0 Å². The number of amides is 2. The summed E-state index contributed by atoms with van der Waals surface area (Å²) in [6.45, 7) is 6.53. The van der Waals surface area contributed by atoms with Gasteiger partial charge in [-0.2, -0.15) is 4.98 Å². The number of likely N-dealkylation sites (tertiary alicyclic amines) is 1. The normalized spacial score (nSPS) is 13.9. The third-order valence-corrected chi connectivity index (χ3v) is 6.56. The van der Waals surface area contributed by atoms with Crippen LogP contribution in [0.2, 0.25) is 0 Å². The third-order valence-electron chi connectivity index (χ3n) is 6.56. The van der Waals surface area contributed by atoms with Gasteiger partial charge in [-0.25, -0.2) is 0 Å². The number of carbonyl (C=O) groups excluding carboxylic acids is 2. The Morgan fingerprint density at radius 2 is 1.69 bits per heavy atom. The highest BCUT2D eigenvalue weighted by Crippen LogP contribution is 2.18. The Morgan fingerprint density at radius 3 is 2.42 bits per heavy atom. The molecule has 0 unspecified atom stereocenters. The molecule has 8 heteroatoms. The lowest BCUT2D eigenvalue weighted by Crippen LogP contribution is -2.33. The number of carbonyl (C=O) groups is 2. The zero-order valence-electron chi connectivity index (χ0n) is 21.2. The van der Waals surface area contributed by atoms with E-state index in [0.717, 1.165) is 24.1 Å². The summed E-state index contributed by atoms with van der Waals surface area (Å²) in [4.78, 5) is 33.6. The highest BCUT2D eigenvalue weighted by Gasteiger charge is 2.15. The fourth-order valence-corrected chi connectivity index (χ4v) is 4.31. The summed E-state index contributed by atoms with van der Waals surface area (Å²) in [7, 11) is 1.76. The van der Waals surface area contributed by atoms with E-state index in [2.05, 4.69) is 20.4 Å². The molecular weight excluding hydrogens is 454 g/mol. The van der Waals surface area contributed by atoms with Crippen molar-refractivity contribution < 1.29 is 14.1 Å². The van der Waals surface area contributed by atoms with Gasteiger partial charge in [-0.1, -0.05) is 29.3 Å². The van der Waals surface area contributed by atoms with Crippen LogP contribution in [0.5, 0.6) is 0 Å². The summed E-state index contributed by atoms with van der Waals surface area (Å²) in [6, 6.07) is 14.7. The number of nitrogens with zero attached hydrogens (tertiary/aromatic N) is 4. The number of hydrogen-bond donors (Lipinski definition) is 1. The van der Waals surface area contributed by atoms with E-state index in [1.54, 1.807) is 24.1 Å². The molecule has 36 heavy (non-hydrogen) atoms. The first kappa shape index (κ1) is 25.6. The van der Waals surface area contributed by atoms with Crippen LogP contribution in [0.25, 0.3) is 11.5 Å². The summed E-state index contributed by atoms with van der Waals surface area (Å²) < 4.78 is 5.41. The molecule has 1 saturated heterocycles. The Labute approximate surface area is 212 Å². The summed E-state index contributed by atoms with van der Waals surface area (Å²) in [5, 5.41) is 7.05. The summed E-state index contributed by atoms with van der Waals surface area (Å²) >= 11 is 0. The van der Waals surface area contributed by atoms with Crippen molar-refractivity contribution in [3.05, 3.63) is 71.0 Å². The van der Waals surface area contributed by atoms with E-state index in [9.17, 15) is 9.59 Å². The summed E-state index contributed by atoms with van der Waals surface area (Å²) in [5.74, 6) is 0.807. The fraction of sp³-hybridized carbons (Fsp3) is 0.429. The van der Waals surface area contributed by atoms with E-state index in [1.165, 1.54) is 32.4 Å². The minimum Gasteiger partial charge on any atom is -0.352 e. The van der Waals surface area contributed by atoms with E-state index in [4.69, 9.17) is 4.52 Å². The Balaban J connectivity index is 1.23. The number of aryl methyl sites for hydroxylation is 1. The van der Waals surface area contributed by atoms with E-state index < -0.39 is 0 Å². The van der Waals surface area contributed by atoms with Crippen LogP contribution < -0.4 is 5.32 Å². The van der Waals surface area contributed by atoms with Crippen LogP contribution in [0.15, 0.2) is 53.1 Å². The van der Waals surface area contributed by atoms with Gasteiger partial charge < -0.3 is 19.6 Å². The Morgan fingerprint density at radius 1 is 1.00 bits per heavy atom. The monoisotopic (exact) mass is 489 g/mol. The molecule has 3 aromatic rings. The van der Waals surface area contributed by atoms with Gasteiger partial charge in [0.15, 0.2) is 5.82 Å². The third kappa shape index (κ3) is 7.01. The van der Waals surface area contributed by atoms with Crippen LogP contribution >= 0.6 is 0 Å². The average Bonchev–Trinajstić information content (AvgIpc) is 3.39. The van der Waals surface area contributed by atoms with Gasteiger partial charge in [0.2, 0.25) is 0 Å². The zero-order chi connectivity index (χ0) is 25.3. The van der Waals surface area contributed by atoms with E-state index >= 15 is 0 Å². The van der Waals surface area contributed by atoms with Gasteiger partial charge in [0.05, 0.1) is 0 Å². The molecule has 2 amide bonds. The molecule has 4 rings (SSSR count). The van der Waals surface area contributed by atoms with Gasteiger partial charge in [-0.05, 0) is 82.2 Å². The maximum atomic E-state index is 12.6. The minimum atomic E-state index is -0.0762. The van der Waals surface area contributed by atoms with Gasteiger partial charge in [-0.15, -0.1) is 0 Å². The van der Waals surface area contributed by atoms with E-state index in [-0.39, 0.29) is 11.8 Å². The lowest BCUT2D eigenvalue weighted by molar-refractivity contribution is 0.0795. The first-order chi connectivity index (χ1) is 17.5. The van der Waals surface area contributed by atoms with Crippen molar-refractivity contribution in [2.24, 2.45) is 0 Å². The predicted octanol–water partition coefficient (Wildman–Crippen LogP) is 3.97. The van der Waals surface area contributed by atoms with Crippen LogP contribution in [0.3, 0.4) is 0 Å². The molecule has 2 heterocycles. The van der Waals surface area contributed by atoms with Crippen molar-refractivity contribution in [1.29, 1.82) is 0 Å². The SMILES string of the molecule is Cc1ccc(C(=O)N(C)CCc2noc(-c3ccc(C(=O)NCCCN4CCCCC4)cc3)n2)cc1. The number of piperidine rings is 1. The second kappa shape index (κ2) is 12.4. The number of rotatable bonds is 10. The van der Waals surface area contributed by atoms with Crippen LogP contribution in [-0.2, 0) is 6.42 Å². The Kier molecular flexibility index (Phi) is 8.84. The molecule has 2 aromatic carbocycles. The highest BCUT2D eigenvalue weighted by molar-refractivity contribution is 5.94. The van der Waals surface area contributed by atoms with Crippen molar-refractivity contribution in [2.45, 2.75) is 39.0 Å². The van der Waals surface area contributed by atoms with Crippen molar-refractivity contribution in [1.82, 2.24) is 25.3 Å². The lowest BCUT2D eigenvalue weighted by Gasteiger charge is -2.26. The molecule has 1 aliphatic heterocycles. The van der Waals surface area contributed by atoms with Gasteiger partial charge in [-0.3, -0.25) is 9.59 Å². The van der Waals surface area contributed by atoms with Crippen molar-refractivity contribution >= 4 is 11.8 Å². The van der Waals surface area contributed by atoms with Crippen molar-refractivity contribution in [3.8, 4) is 11.5 Å². The molecule has 8 nitrogen and oxygen atoms in total. The van der Waals surface area contributed by atoms with Crippen LogP contribution in [0, 0.1) is 6.92 Å². The first-order valence-corrected chi connectivity index (χ1v) is 12.8. The highest BCUT2D eigenvalue weighted by atomic mass is 16.5. The Hall–Kier alpha value is -3.52. The smallest absolute Gasteiger partial charge is 0.257 e. The van der Waals surface area contributed by atoms with Gasteiger partial charge in [0.25, 0.3) is 17.7 Å². The van der Waals surface area contributed by atoms with Crippen LogP contribution in [0.4, 0.5) is 0 Å². The number of aromatic nitrogens is 2. The molecular formula is C28H35N5O3. The number of benzene rings is 2. The second-order valence-electron chi connectivity index (χ2n) is 9.45. The molecule has 0 atom stereocenters. The molecule has 1 fully saturated rings. The maximum Gasteiger partial charge on any atom is 0.257 e. The fourth-order valence-electron chi connectivity index (χ4n) is 4.31. The number of hydrogen-bond acceptors (Lipinski definition) is 6. The molecule has 0 aliphatic carbocycles.